The molecule has 106 valence electrons. The first-order valence-electron chi connectivity index (χ1n) is 7.51. The van der Waals surface area contributed by atoms with Crippen LogP contribution in [0.2, 0.25) is 0 Å². The smallest absolute Gasteiger partial charge is 0.330 e. The summed E-state index contributed by atoms with van der Waals surface area (Å²) < 4.78 is 0. The maximum atomic E-state index is 10.6. The van der Waals surface area contributed by atoms with Crippen LogP contribution in [0.5, 0.6) is 0 Å². The Morgan fingerprint density at radius 3 is 2.33 bits per heavy atom. The largest absolute Gasteiger partial charge is 0.478 e. The van der Waals surface area contributed by atoms with Gasteiger partial charge in [-0.1, -0.05) is 64.9 Å². The minimum absolute atomic E-state index is 0.476. The zero-order valence-corrected chi connectivity index (χ0v) is 12.4. The Bertz CT molecular complexity index is 243. The normalized spacial score (nSPS) is 13.6. The Balaban J connectivity index is 3.46. The molecule has 0 spiro atoms. The molecule has 0 saturated carbocycles. The van der Waals surface area contributed by atoms with Crippen molar-refractivity contribution in [2.45, 2.75) is 78.6 Å². The summed E-state index contributed by atoms with van der Waals surface area (Å²) in [5, 5.41) is 8.69. The molecule has 0 aromatic carbocycles. The molecule has 0 aliphatic heterocycles. The molecular formula is C16H30O2. The summed E-state index contributed by atoms with van der Waals surface area (Å²) in [5.41, 5.74) is 0.476. The number of hydrogen-bond donors (Lipinski definition) is 1. The predicted molar refractivity (Wildman–Crippen MR) is 77.8 cm³/mol. The van der Waals surface area contributed by atoms with Crippen LogP contribution in [-0.2, 0) is 4.79 Å². The van der Waals surface area contributed by atoms with Crippen molar-refractivity contribution in [2.24, 2.45) is 5.92 Å². The van der Waals surface area contributed by atoms with Crippen molar-refractivity contribution in [3.05, 3.63) is 11.6 Å². The molecule has 0 aliphatic carbocycles. The first-order valence-corrected chi connectivity index (χ1v) is 7.51. The molecule has 2 heteroatoms. The van der Waals surface area contributed by atoms with E-state index in [1.54, 1.807) is 6.92 Å². The van der Waals surface area contributed by atoms with E-state index in [0.717, 1.165) is 18.8 Å². The number of aliphatic carboxylic acids is 1. The van der Waals surface area contributed by atoms with Gasteiger partial charge in [0.15, 0.2) is 0 Å². The highest BCUT2D eigenvalue weighted by Gasteiger charge is 2.04. The molecule has 0 rings (SSSR count). The van der Waals surface area contributed by atoms with E-state index in [-0.39, 0.29) is 0 Å². The van der Waals surface area contributed by atoms with Crippen LogP contribution in [0.1, 0.15) is 78.6 Å². The number of carboxylic acid groups (broad SMARTS) is 1. The second-order valence-corrected chi connectivity index (χ2v) is 5.25. The molecule has 0 aromatic rings. The lowest BCUT2D eigenvalue weighted by molar-refractivity contribution is -0.132. The van der Waals surface area contributed by atoms with Crippen molar-refractivity contribution in [1.82, 2.24) is 0 Å². The molecule has 0 saturated heterocycles. The van der Waals surface area contributed by atoms with Gasteiger partial charge in [-0.15, -0.1) is 0 Å². The average Bonchev–Trinajstić information content (AvgIpc) is 2.35. The SMILES string of the molecule is CCCC(CC)CCCCCCC=C(C)C(=O)O. The Hall–Kier alpha value is -0.790. The molecule has 1 atom stereocenters. The highest BCUT2D eigenvalue weighted by atomic mass is 16.4. The molecule has 0 radical (unpaired) electrons. The molecule has 18 heavy (non-hydrogen) atoms. The monoisotopic (exact) mass is 254 g/mol. The number of carboxylic acids is 1. The van der Waals surface area contributed by atoms with Gasteiger partial charge in [0, 0.05) is 5.57 Å². The Labute approximate surface area is 112 Å². The van der Waals surface area contributed by atoms with Crippen LogP contribution in [0.4, 0.5) is 0 Å². The Kier molecular flexibility index (Phi) is 10.8. The number of carbonyl (C=O) groups is 1. The van der Waals surface area contributed by atoms with Crippen LogP contribution >= 0.6 is 0 Å². The fraction of sp³-hybridized carbons (Fsp3) is 0.812. The van der Waals surface area contributed by atoms with Gasteiger partial charge in [-0.2, -0.15) is 0 Å². The maximum absolute atomic E-state index is 10.6. The van der Waals surface area contributed by atoms with E-state index in [1.165, 1.54) is 44.9 Å². The number of hydrogen-bond acceptors (Lipinski definition) is 1. The van der Waals surface area contributed by atoms with E-state index in [2.05, 4.69) is 13.8 Å². The average molecular weight is 254 g/mol. The van der Waals surface area contributed by atoms with Crippen LogP contribution in [-0.4, -0.2) is 11.1 Å². The van der Waals surface area contributed by atoms with Gasteiger partial charge in [0.2, 0.25) is 0 Å². The second-order valence-electron chi connectivity index (χ2n) is 5.25. The zero-order valence-electron chi connectivity index (χ0n) is 12.4. The minimum Gasteiger partial charge on any atom is -0.478 e. The van der Waals surface area contributed by atoms with Gasteiger partial charge >= 0.3 is 5.97 Å². The van der Waals surface area contributed by atoms with E-state index in [0.29, 0.717) is 5.57 Å². The molecular weight excluding hydrogens is 224 g/mol. The van der Waals surface area contributed by atoms with Gasteiger partial charge in [-0.05, 0) is 25.7 Å². The van der Waals surface area contributed by atoms with Crippen molar-refractivity contribution >= 4 is 5.97 Å². The van der Waals surface area contributed by atoms with E-state index in [1.807, 2.05) is 6.08 Å². The van der Waals surface area contributed by atoms with Crippen LogP contribution in [0.3, 0.4) is 0 Å². The molecule has 0 heterocycles. The molecule has 0 aliphatic rings. The Morgan fingerprint density at radius 1 is 1.11 bits per heavy atom. The van der Waals surface area contributed by atoms with Crippen LogP contribution in [0, 0.1) is 5.92 Å². The first-order chi connectivity index (χ1) is 8.61. The molecule has 2 nitrogen and oxygen atoms in total. The summed E-state index contributed by atoms with van der Waals surface area (Å²) in [5.74, 6) is 0.129. The van der Waals surface area contributed by atoms with Gasteiger partial charge in [-0.3, -0.25) is 0 Å². The van der Waals surface area contributed by atoms with E-state index >= 15 is 0 Å². The van der Waals surface area contributed by atoms with Gasteiger partial charge in [-0.25, -0.2) is 4.79 Å². The van der Waals surface area contributed by atoms with Crippen LogP contribution in [0.25, 0.3) is 0 Å². The predicted octanol–water partition coefficient (Wildman–Crippen LogP) is 5.18. The third-order valence-electron chi connectivity index (χ3n) is 3.63. The van der Waals surface area contributed by atoms with E-state index in [9.17, 15) is 4.79 Å². The Morgan fingerprint density at radius 2 is 1.78 bits per heavy atom. The summed E-state index contributed by atoms with van der Waals surface area (Å²) in [6, 6.07) is 0. The lowest BCUT2D eigenvalue weighted by Gasteiger charge is -2.12. The number of allylic oxidation sites excluding steroid dienone is 1. The third-order valence-corrected chi connectivity index (χ3v) is 3.63. The molecule has 1 N–H and O–H groups in total. The van der Waals surface area contributed by atoms with E-state index < -0.39 is 5.97 Å². The standard InChI is InChI=1S/C16H30O2/c1-4-11-15(5-2)13-10-8-6-7-9-12-14(3)16(17)18/h12,15H,4-11,13H2,1-3H3,(H,17,18). The van der Waals surface area contributed by atoms with Crippen molar-refractivity contribution < 1.29 is 9.90 Å². The molecule has 0 fully saturated rings. The number of rotatable bonds is 11. The lowest BCUT2D eigenvalue weighted by Crippen LogP contribution is -1.98. The van der Waals surface area contributed by atoms with Gasteiger partial charge in [0.1, 0.15) is 0 Å². The van der Waals surface area contributed by atoms with Crippen molar-refractivity contribution in [1.29, 1.82) is 0 Å². The van der Waals surface area contributed by atoms with Crippen LogP contribution in [0.15, 0.2) is 11.6 Å². The number of unbranched alkanes of at least 4 members (excludes halogenated alkanes) is 4. The fourth-order valence-electron chi connectivity index (χ4n) is 2.30. The third kappa shape index (κ3) is 9.26. The van der Waals surface area contributed by atoms with Crippen molar-refractivity contribution in [3.8, 4) is 0 Å². The minimum atomic E-state index is -0.791. The molecule has 0 bridgehead atoms. The fourth-order valence-corrected chi connectivity index (χ4v) is 2.30. The van der Waals surface area contributed by atoms with Crippen LogP contribution < -0.4 is 0 Å². The van der Waals surface area contributed by atoms with Gasteiger partial charge < -0.3 is 5.11 Å². The first kappa shape index (κ1) is 17.2. The van der Waals surface area contributed by atoms with Crippen molar-refractivity contribution in [2.75, 3.05) is 0 Å². The lowest BCUT2D eigenvalue weighted by atomic mass is 9.94. The quantitative estimate of drug-likeness (QED) is 0.407. The molecule has 0 amide bonds. The molecule has 0 aromatic heterocycles. The topological polar surface area (TPSA) is 37.3 Å². The maximum Gasteiger partial charge on any atom is 0.330 e. The highest BCUT2D eigenvalue weighted by molar-refractivity contribution is 5.85. The summed E-state index contributed by atoms with van der Waals surface area (Å²) >= 11 is 0. The summed E-state index contributed by atoms with van der Waals surface area (Å²) in [6.45, 7) is 6.22. The zero-order chi connectivity index (χ0) is 13.8. The second kappa shape index (κ2) is 11.3. The highest BCUT2D eigenvalue weighted by Crippen LogP contribution is 2.19. The summed E-state index contributed by atoms with van der Waals surface area (Å²) in [4.78, 5) is 10.6. The molecule has 1 unspecified atom stereocenters. The van der Waals surface area contributed by atoms with Crippen molar-refractivity contribution in [3.63, 3.8) is 0 Å². The van der Waals surface area contributed by atoms with E-state index in [4.69, 9.17) is 5.11 Å². The summed E-state index contributed by atoms with van der Waals surface area (Å²) in [6.07, 6.45) is 13.1. The van der Waals surface area contributed by atoms with Gasteiger partial charge in [0.05, 0.1) is 0 Å². The summed E-state index contributed by atoms with van der Waals surface area (Å²) in [7, 11) is 0. The van der Waals surface area contributed by atoms with Gasteiger partial charge in [0.25, 0.3) is 0 Å².